The number of hydrogen-bond acceptors (Lipinski definition) is 3. The number of nitrogens with zero attached hydrogens (tertiary/aromatic N) is 2. The Morgan fingerprint density at radius 2 is 1.70 bits per heavy atom. The monoisotopic (exact) mass is 432 g/mol. The third-order valence-corrected chi connectivity index (χ3v) is 7.16. The first-order valence-corrected chi connectivity index (χ1v) is 12.2. The topological polar surface area (TPSA) is 38.9 Å². The van der Waals surface area contributed by atoms with Crippen LogP contribution in [-0.4, -0.2) is 9.97 Å². The van der Waals surface area contributed by atoms with Crippen molar-refractivity contribution in [2.45, 2.75) is 45.4 Å². The van der Waals surface area contributed by atoms with Crippen LogP contribution in [0, 0.1) is 5.92 Å². The molecule has 3 aromatic heterocycles. The van der Waals surface area contributed by atoms with E-state index in [4.69, 9.17) is 14.4 Å². The first kappa shape index (κ1) is 20.2. The van der Waals surface area contributed by atoms with E-state index in [1.54, 1.807) is 0 Å². The maximum Gasteiger partial charge on any atom is 0.227 e. The van der Waals surface area contributed by atoms with Crippen LogP contribution in [0.3, 0.4) is 0 Å². The second-order valence-corrected chi connectivity index (χ2v) is 9.25. The molecular formula is C30H28N2O. The number of furan rings is 1. The van der Waals surface area contributed by atoms with Gasteiger partial charge in [0.1, 0.15) is 5.58 Å². The highest BCUT2D eigenvalue weighted by atomic mass is 16.3. The molecule has 0 unspecified atom stereocenters. The molecule has 3 heteroatoms. The van der Waals surface area contributed by atoms with Crippen molar-refractivity contribution < 1.29 is 4.42 Å². The molecule has 2 aromatic carbocycles. The quantitative estimate of drug-likeness (QED) is 0.282. The zero-order chi connectivity index (χ0) is 22.2. The number of rotatable bonds is 5. The summed E-state index contributed by atoms with van der Waals surface area (Å²) in [6.45, 7) is 2.24. The van der Waals surface area contributed by atoms with Crippen LogP contribution in [0.15, 0.2) is 77.3 Å². The summed E-state index contributed by atoms with van der Waals surface area (Å²) in [5.41, 5.74) is 8.39. The molecule has 5 aromatic rings. The Balaban J connectivity index is 1.43. The lowest BCUT2D eigenvalue weighted by Gasteiger charge is -2.14. The SMILES string of the molecule is CCc1cc(-c2cccc3c2oc2nc(-c4ccccc4)ccc23)ncc1CC1CCCC1. The summed E-state index contributed by atoms with van der Waals surface area (Å²) in [6, 6.07) is 23.0. The molecule has 0 saturated heterocycles. The molecule has 0 amide bonds. The second-order valence-electron chi connectivity index (χ2n) is 9.25. The van der Waals surface area contributed by atoms with Gasteiger partial charge in [-0.1, -0.05) is 75.1 Å². The van der Waals surface area contributed by atoms with E-state index in [-0.39, 0.29) is 0 Å². The molecule has 0 aliphatic heterocycles. The minimum Gasteiger partial charge on any atom is -0.437 e. The van der Waals surface area contributed by atoms with E-state index >= 15 is 0 Å². The summed E-state index contributed by atoms with van der Waals surface area (Å²) in [5, 5.41) is 2.13. The van der Waals surface area contributed by atoms with Crippen LogP contribution < -0.4 is 0 Å². The van der Waals surface area contributed by atoms with Gasteiger partial charge in [0.2, 0.25) is 5.71 Å². The fourth-order valence-electron chi connectivity index (χ4n) is 5.36. The average molecular weight is 433 g/mol. The molecule has 3 heterocycles. The molecule has 1 aliphatic rings. The normalized spacial score (nSPS) is 14.5. The fourth-order valence-corrected chi connectivity index (χ4v) is 5.36. The lowest BCUT2D eigenvalue weighted by Crippen LogP contribution is -2.03. The van der Waals surface area contributed by atoms with Crippen LogP contribution in [-0.2, 0) is 12.8 Å². The molecule has 0 radical (unpaired) electrons. The highest BCUT2D eigenvalue weighted by Gasteiger charge is 2.19. The van der Waals surface area contributed by atoms with Crippen LogP contribution in [0.25, 0.3) is 44.6 Å². The Morgan fingerprint density at radius 3 is 2.52 bits per heavy atom. The van der Waals surface area contributed by atoms with Gasteiger partial charge in [-0.05, 0) is 54.2 Å². The van der Waals surface area contributed by atoms with Gasteiger partial charge in [-0.2, -0.15) is 0 Å². The number of pyridine rings is 2. The molecule has 3 nitrogen and oxygen atoms in total. The van der Waals surface area contributed by atoms with Crippen LogP contribution >= 0.6 is 0 Å². The van der Waals surface area contributed by atoms with Crippen LogP contribution in [0.4, 0.5) is 0 Å². The molecule has 0 bridgehead atoms. The Labute approximate surface area is 194 Å². The Morgan fingerprint density at radius 1 is 0.848 bits per heavy atom. The summed E-state index contributed by atoms with van der Waals surface area (Å²) in [7, 11) is 0. The van der Waals surface area contributed by atoms with Crippen molar-refractivity contribution in [2.75, 3.05) is 0 Å². The lowest BCUT2D eigenvalue weighted by atomic mass is 9.94. The molecule has 33 heavy (non-hydrogen) atoms. The predicted octanol–water partition coefficient (Wildman–Crippen LogP) is 8.01. The number of para-hydroxylation sites is 1. The zero-order valence-electron chi connectivity index (χ0n) is 19.1. The molecule has 0 N–H and O–H groups in total. The average Bonchev–Trinajstić information content (AvgIpc) is 3.52. The minimum absolute atomic E-state index is 0.673. The number of benzene rings is 2. The van der Waals surface area contributed by atoms with Crippen molar-refractivity contribution in [3.63, 3.8) is 0 Å². The summed E-state index contributed by atoms with van der Waals surface area (Å²) in [4.78, 5) is 9.74. The second kappa shape index (κ2) is 8.47. The summed E-state index contributed by atoms with van der Waals surface area (Å²) in [5.74, 6) is 0.826. The molecule has 0 atom stereocenters. The number of hydrogen-bond donors (Lipinski definition) is 0. The van der Waals surface area contributed by atoms with Gasteiger partial charge in [-0.3, -0.25) is 4.98 Å². The van der Waals surface area contributed by atoms with Crippen molar-refractivity contribution in [3.8, 4) is 22.5 Å². The van der Waals surface area contributed by atoms with E-state index in [0.717, 1.165) is 57.6 Å². The van der Waals surface area contributed by atoms with E-state index in [9.17, 15) is 0 Å². The smallest absolute Gasteiger partial charge is 0.227 e. The Kier molecular flexibility index (Phi) is 5.18. The van der Waals surface area contributed by atoms with Gasteiger partial charge in [0.25, 0.3) is 0 Å². The minimum atomic E-state index is 0.673. The van der Waals surface area contributed by atoms with Crippen molar-refractivity contribution in [2.24, 2.45) is 5.92 Å². The molecule has 1 saturated carbocycles. The molecule has 164 valence electrons. The maximum atomic E-state index is 6.36. The van der Waals surface area contributed by atoms with Gasteiger partial charge in [0, 0.05) is 28.1 Å². The van der Waals surface area contributed by atoms with Gasteiger partial charge < -0.3 is 4.42 Å². The van der Waals surface area contributed by atoms with Crippen molar-refractivity contribution in [1.82, 2.24) is 9.97 Å². The molecule has 6 rings (SSSR count). The lowest BCUT2D eigenvalue weighted by molar-refractivity contribution is 0.543. The maximum absolute atomic E-state index is 6.36. The van der Waals surface area contributed by atoms with Crippen molar-refractivity contribution >= 4 is 22.1 Å². The van der Waals surface area contributed by atoms with E-state index < -0.39 is 0 Å². The van der Waals surface area contributed by atoms with Crippen LogP contribution in [0.5, 0.6) is 0 Å². The van der Waals surface area contributed by atoms with Gasteiger partial charge >= 0.3 is 0 Å². The fraction of sp³-hybridized carbons (Fsp3) is 0.267. The van der Waals surface area contributed by atoms with E-state index in [0.29, 0.717) is 5.71 Å². The van der Waals surface area contributed by atoms with Crippen molar-refractivity contribution in [1.29, 1.82) is 0 Å². The van der Waals surface area contributed by atoms with E-state index in [1.807, 2.05) is 18.2 Å². The molecule has 1 fully saturated rings. The number of aryl methyl sites for hydroxylation is 1. The number of aromatic nitrogens is 2. The number of fused-ring (bicyclic) bond motifs is 3. The van der Waals surface area contributed by atoms with Gasteiger partial charge in [-0.15, -0.1) is 0 Å². The summed E-state index contributed by atoms with van der Waals surface area (Å²) >= 11 is 0. The van der Waals surface area contributed by atoms with Crippen molar-refractivity contribution in [3.05, 3.63) is 84.1 Å². The van der Waals surface area contributed by atoms with E-state index in [2.05, 4.69) is 61.7 Å². The first-order valence-electron chi connectivity index (χ1n) is 12.2. The third-order valence-electron chi connectivity index (χ3n) is 7.16. The molecular weight excluding hydrogens is 404 g/mol. The predicted molar refractivity (Wildman–Crippen MR) is 135 cm³/mol. The standard InChI is InChI=1S/C30H28N2O/c1-2-21-18-28(31-19-23(21)17-20-9-6-7-10-20)26-14-8-13-24-25-15-16-27(22-11-4-3-5-12-22)32-30(25)33-29(24)26/h3-5,8,11-16,18-20H,2,6-7,9-10,17H2,1H3. The summed E-state index contributed by atoms with van der Waals surface area (Å²) in [6.07, 6.45) is 9.78. The Bertz CT molecular complexity index is 1430. The molecule has 0 spiro atoms. The van der Waals surface area contributed by atoms with Crippen LogP contribution in [0.1, 0.15) is 43.7 Å². The highest BCUT2D eigenvalue weighted by molar-refractivity contribution is 6.08. The summed E-state index contributed by atoms with van der Waals surface area (Å²) < 4.78 is 6.36. The molecule has 1 aliphatic carbocycles. The first-order chi connectivity index (χ1) is 16.3. The Hall–Kier alpha value is -3.46. The van der Waals surface area contributed by atoms with Gasteiger partial charge in [0.15, 0.2) is 0 Å². The third kappa shape index (κ3) is 3.72. The highest BCUT2D eigenvalue weighted by Crippen LogP contribution is 2.36. The van der Waals surface area contributed by atoms with E-state index in [1.165, 1.54) is 36.8 Å². The van der Waals surface area contributed by atoms with Gasteiger partial charge in [0.05, 0.1) is 11.4 Å². The van der Waals surface area contributed by atoms with Gasteiger partial charge in [-0.25, -0.2) is 4.98 Å². The largest absolute Gasteiger partial charge is 0.437 e. The zero-order valence-corrected chi connectivity index (χ0v) is 19.1. The van der Waals surface area contributed by atoms with Crippen LogP contribution in [0.2, 0.25) is 0 Å².